The molecule has 2 bridgehead atoms. The number of ether oxygens (including phenoxy) is 3. The molecule has 49 heavy (non-hydrogen) atoms. The lowest BCUT2D eigenvalue weighted by atomic mass is 9.43. The fraction of sp³-hybridized carbons (Fsp3) is 0.500. The van der Waals surface area contributed by atoms with E-state index in [-0.39, 0.29) is 17.9 Å². The van der Waals surface area contributed by atoms with Crippen LogP contribution in [0.5, 0.6) is 11.5 Å². The summed E-state index contributed by atoms with van der Waals surface area (Å²) < 4.78 is 30.8. The van der Waals surface area contributed by atoms with Crippen LogP contribution in [-0.2, 0) is 31.9 Å². The monoisotopic (exact) mass is 669 g/mol. The number of benzene rings is 2. The number of rotatable bonds is 11. The second-order valence-electron chi connectivity index (χ2n) is 15.3. The Morgan fingerprint density at radius 1 is 1.06 bits per heavy atom. The molecule has 1 aliphatic heterocycles. The normalized spacial score (nSPS) is 25.0. The Bertz CT molecular complexity index is 1660. The smallest absolute Gasteiger partial charge is 0.482 e. The zero-order valence-corrected chi connectivity index (χ0v) is 29.5. The third-order valence-electron chi connectivity index (χ3n) is 10.6. The number of nitrogens with zero attached hydrogens (tertiary/aromatic N) is 1. The van der Waals surface area contributed by atoms with Crippen molar-refractivity contribution in [2.24, 2.45) is 23.0 Å². The van der Waals surface area contributed by atoms with Gasteiger partial charge in [-0.3, -0.25) is 9.78 Å². The van der Waals surface area contributed by atoms with Crippen LogP contribution in [0.15, 0.2) is 66.9 Å². The number of para-hydroxylation sites is 1. The zero-order chi connectivity index (χ0) is 35.1. The highest BCUT2D eigenvalue weighted by Crippen LogP contribution is 2.65. The Balaban J connectivity index is 1.23. The first-order valence-corrected chi connectivity index (χ1v) is 17.1. The van der Waals surface area contributed by atoms with Crippen molar-refractivity contribution in [2.75, 3.05) is 7.11 Å². The fourth-order valence-electron chi connectivity index (χ4n) is 7.81. The van der Waals surface area contributed by atoms with Gasteiger partial charge in [0.25, 0.3) is 0 Å². The molecule has 2 heterocycles. The van der Waals surface area contributed by atoms with Crippen LogP contribution < -0.4 is 20.5 Å². The van der Waals surface area contributed by atoms with Crippen molar-refractivity contribution in [2.45, 2.75) is 96.7 Å². The lowest BCUT2D eigenvalue weighted by Crippen LogP contribution is -2.65. The molecule has 1 saturated heterocycles. The Labute approximate surface area is 289 Å². The highest BCUT2D eigenvalue weighted by atomic mass is 16.7. The maximum atomic E-state index is 13.8. The van der Waals surface area contributed by atoms with Crippen molar-refractivity contribution in [3.8, 4) is 11.5 Å². The molecule has 10 nitrogen and oxygen atoms in total. The molecule has 3 aromatic rings. The standard InChI is InChI=1S/C38H48BN3O7/c1-36(2,3)47-35(44)27-15-11-14-24(33(27)45-7)18-31(39-48-30-20-25-19-29(37(25,4)5)38(30,6)49-39)42-34(43)32(40)28-17-16-26(21-41-28)46-22-23-12-9-8-10-13-23/h8-17,21,25,29-32H,18-20,22,40H2,1-7H3,(H,42,43)/t25-,29-,30?,31-,32?,38-/m0/s1. The maximum absolute atomic E-state index is 13.8. The van der Waals surface area contributed by atoms with E-state index < -0.39 is 42.2 Å². The number of esters is 1. The second-order valence-corrected chi connectivity index (χ2v) is 15.3. The van der Waals surface area contributed by atoms with Gasteiger partial charge in [0.15, 0.2) is 0 Å². The summed E-state index contributed by atoms with van der Waals surface area (Å²) in [6, 6.07) is 17.5. The summed E-state index contributed by atoms with van der Waals surface area (Å²) in [6.45, 7) is 12.6. The molecule has 0 spiro atoms. The van der Waals surface area contributed by atoms with Crippen molar-refractivity contribution in [1.29, 1.82) is 0 Å². The first-order valence-electron chi connectivity index (χ1n) is 17.1. The molecular formula is C38H48BN3O7. The number of hydrogen-bond donors (Lipinski definition) is 2. The van der Waals surface area contributed by atoms with Crippen LogP contribution in [0, 0.1) is 17.3 Å². The molecule has 3 N–H and O–H groups in total. The van der Waals surface area contributed by atoms with Crippen molar-refractivity contribution < 1.29 is 33.1 Å². The van der Waals surface area contributed by atoms with E-state index in [0.717, 1.165) is 18.4 Å². The number of methoxy groups -OCH3 is 1. The number of carbonyl (C=O) groups excluding carboxylic acids is 2. The Hall–Kier alpha value is -3.93. The van der Waals surface area contributed by atoms with E-state index >= 15 is 0 Å². The summed E-state index contributed by atoms with van der Waals surface area (Å²) in [5, 5.41) is 3.12. The van der Waals surface area contributed by atoms with Gasteiger partial charge in [-0.15, -0.1) is 0 Å². The Morgan fingerprint density at radius 3 is 2.47 bits per heavy atom. The summed E-state index contributed by atoms with van der Waals surface area (Å²) in [5.41, 5.74) is 7.89. The molecule has 260 valence electrons. The number of amides is 1. The summed E-state index contributed by atoms with van der Waals surface area (Å²) in [5.74, 6) is 0.259. The van der Waals surface area contributed by atoms with Gasteiger partial charge in [0.1, 0.15) is 35.3 Å². The zero-order valence-electron chi connectivity index (χ0n) is 29.5. The van der Waals surface area contributed by atoms with Crippen LogP contribution in [-0.4, -0.2) is 54.3 Å². The molecule has 0 radical (unpaired) electrons. The van der Waals surface area contributed by atoms with Crippen molar-refractivity contribution in [3.05, 3.63) is 89.2 Å². The fourth-order valence-corrected chi connectivity index (χ4v) is 7.81. The van der Waals surface area contributed by atoms with Gasteiger partial charge in [-0.1, -0.05) is 56.3 Å². The second kappa shape index (κ2) is 13.4. The van der Waals surface area contributed by atoms with E-state index in [4.69, 9.17) is 29.3 Å². The van der Waals surface area contributed by atoms with Crippen LogP contribution in [0.3, 0.4) is 0 Å². The van der Waals surface area contributed by atoms with Crippen LogP contribution in [0.25, 0.3) is 0 Å². The lowest BCUT2D eigenvalue weighted by Gasteiger charge is -2.64. The quantitative estimate of drug-likeness (QED) is 0.197. The summed E-state index contributed by atoms with van der Waals surface area (Å²) in [7, 11) is 0.765. The molecule has 3 aliphatic carbocycles. The number of pyridine rings is 1. The minimum atomic E-state index is -1.06. The van der Waals surface area contributed by atoms with E-state index in [0.29, 0.717) is 46.8 Å². The first kappa shape index (κ1) is 34.9. The molecular weight excluding hydrogens is 621 g/mol. The molecule has 7 rings (SSSR count). The van der Waals surface area contributed by atoms with Crippen molar-refractivity contribution in [1.82, 2.24) is 10.3 Å². The molecule has 11 heteroatoms. The highest BCUT2D eigenvalue weighted by molar-refractivity contribution is 6.48. The van der Waals surface area contributed by atoms with E-state index in [2.05, 4.69) is 31.1 Å². The molecule has 4 aliphatic rings. The van der Waals surface area contributed by atoms with E-state index in [1.807, 2.05) is 57.2 Å². The molecule has 4 fully saturated rings. The minimum absolute atomic E-state index is 0.0950. The largest absolute Gasteiger partial charge is 0.496 e. The summed E-state index contributed by atoms with van der Waals surface area (Å²) >= 11 is 0. The van der Waals surface area contributed by atoms with E-state index in [1.165, 1.54) is 7.11 Å². The molecule has 1 aromatic heterocycles. The molecule has 3 saturated carbocycles. The lowest BCUT2D eigenvalue weighted by molar-refractivity contribution is -0.199. The number of aromatic nitrogens is 1. The maximum Gasteiger partial charge on any atom is 0.482 e. The average Bonchev–Trinajstić information content (AvgIpc) is 3.43. The number of carbonyl (C=O) groups is 2. The van der Waals surface area contributed by atoms with Crippen LogP contribution in [0.2, 0.25) is 0 Å². The molecule has 2 unspecified atom stereocenters. The Kier molecular flexibility index (Phi) is 9.56. The predicted octanol–water partition coefficient (Wildman–Crippen LogP) is 5.62. The van der Waals surface area contributed by atoms with Gasteiger partial charge < -0.3 is 34.6 Å². The van der Waals surface area contributed by atoms with E-state index in [9.17, 15) is 9.59 Å². The van der Waals surface area contributed by atoms with Gasteiger partial charge >= 0.3 is 13.1 Å². The SMILES string of the molecule is COc1c(C[C@H](NC(=O)C(N)c2ccc(OCc3ccccc3)cn2)B2OC3C[C@@H]4C[C@@H](C4(C)C)[C@]3(C)O2)cccc1C(=O)OC(C)(C)C. The van der Waals surface area contributed by atoms with Gasteiger partial charge in [0.05, 0.1) is 36.6 Å². The van der Waals surface area contributed by atoms with Crippen molar-refractivity contribution >= 4 is 19.0 Å². The topological polar surface area (TPSA) is 131 Å². The van der Waals surface area contributed by atoms with E-state index in [1.54, 1.807) is 30.5 Å². The number of hydrogen-bond acceptors (Lipinski definition) is 9. The van der Waals surface area contributed by atoms with Crippen LogP contribution in [0.1, 0.15) is 87.6 Å². The molecule has 1 amide bonds. The van der Waals surface area contributed by atoms with Crippen LogP contribution >= 0.6 is 0 Å². The molecule has 2 aromatic carbocycles. The average molecular weight is 670 g/mol. The number of nitrogens with two attached hydrogens (primary N) is 1. The van der Waals surface area contributed by atoms with Gasteiger partial charge in [0, 0.05) is 0 Å². The van der Waals surface area contributed by atoms with Gasteiger partial charge in [-0.25, -0.2) is 4.79 Å². The third kappa shape index (κ3) is 7.07. The van der Waals surface area contributed by atoms with Crippen molar-refractivity contribution in [3.63, 3.8) is 0 Å². The van der Waals surface area contributed by atoms with Gasteiger partial charge in [0.2, 0.25) is 5.91 Å². The minimum Gasteiger partial charge on any atom is -0.496 e. The molecule has 6 atom stereocenters. The Morgan fingerprint density at radius 2 is 1.82 bits per heavy atom. The summed E-state index contributed by atoms with van der Waals surface area (Å²) in [4.78, 5) is 31.4. The van der Waals surface area contributed by atoms with Crippen LogP contribution in [0.4, 0.5) is 0 Å². The first-order chi connectivity index (χ1) is 23.2. The summed E-state index contributed by atoms with van der Waals surface area (Å²) in [6.07, 6.45) is 3.72. The van der Waals surface area contributed by atoms with Gasteiger partial charge in [-0.2, -0.15) is 0 Å². The highest BCUT2D eigenvalue weighted by Gasteiger charge is 2.68. The van der Waals surface area contributed by atoms with Gasteiger partial charge in [-0.05, 0) is 93.5 Å². The predicted molar refractivity (Wildman–Crippen MR) is 186 cm³/mol. The number of nitrogens with one attached hydrogen (secondary N) is 1. The third-order valence-corrected chi connectivity index (χ3v) is 10.6.